The van der Waals surface area contributed by atoms with Gasteiger partial charge in [0.15, 0.2) is 0 Å². The molecular weight excluding hydrogens is 306 g/mol. The number of amides is 1. The van der Waals surface area contributed by atoms with Crippen molar-refractivity contribution in [3.05, 3.63) is 52.3 Å². The van der Waals surface area contributed by atoms with E-state index in [4.69, 9.17) is 0 Å². The van der Waals surface area contributed by atoms with E-state index >= 15 is 0 Å². The van der Waals surface area contributed by atoms with Crippen molar-refractivity contribution < 1.29 is 14.7 Å². The topological polar surface area (TPSA) is 84.2 Å². The van der Waals surface area contributed by atoms with Crippen LogP contribution in [0.1, 0.15) is 39.3 Å². The number of Topliss-reactive ketones (excluding diaryl/α,β-unsaturated/α-hetero) is 1. The fourth-order valence-corrected chi connectivity index (χ4v) is 3.37. The number of fused-ring (bicyclic) bond motifs is 1. The molecule has 6 heteroatoms. The number of nitrogens with zero attached hydrogens (tertiary/aromatic N) is 2. The van der Waals surface area contributed by atoms with E-state index in [1.165, 1.54) is 0 Å². The van der Waals surface area contributed by atoms with Crippen LogP contribution in [-0.2, 0) is 23.9 Å². The summed E-state index contributed by atoms with van der Waals surface area (Å²) < 4.78 is 1.58. The molecule has 1 amide bonds. The third kappa shape index (κ3) is 2.63. The summed E-state index contributed by atoms with van der Waals surface area (Å²) in [6.45, 7) is 3.47. The van der Waals surface area contributed by atoms with Crippen LogP contribution in [-0.4, -0.2) is 33.1 Å². The number of hydrogen-bond donors (Lipinski definition) is 2. The molecule has 6 nitrogen and oxygen atoms in total. The monoisotopic (exact) mass is 327 g/mol. The molecule has 0 spiro atoms. The lowest BCUT2D eigenvalue weighted by Gasteiger charge is -2.24. The van der Waals surface area contributed by atoms with E-state index in [0.29, 0.717) is 23.4 Å². The van der Waals surface area contributed by atoms with Crippen molar-refractivity contribution in [1.29, 1.82) is 0 Å². The van der Waals surface area contributed by atoms with Crippen molar-refractivity contribution in [1.82, 2.24) is 15.1 Å². The van der Waals surface area contributed by atoms with Gasteiger partial charge in [0, 0.05) is 12.7 Å². The van der Waals surface area contributed by atoms with Crippen LogP contribution in [0.15, 0.2) is 24.3 Å². The van der Waals surface area contributed by atoms with Gasteiger partial charge in [-0.2, -0.15) is 5.10 Å². The molecule has 0 fully saturated rings. The fourth-order valence-electron chi connectivity index (χ4n) is 3.37. The summed E-state index contributed by atoms with van der Waals surface area (Å²) >= 11 is 0. The maximum absolute atomic E-state index is 12.4. The van der Waals surface area contributed by atoms with E-state index in [1.54, 1.807) is 25.6 Å². The van der Waals surface area contributed by atoms with Crippen LogP contribution in [0.2, 0.25) is 0 Å². The molecule has 24 heavy (non-hydrogen) atoms. The van der Waals surface area contributed by atoms with Crippen molar-refractivity contribution in [2.75, 3.05) is 6.54 Å². The Bertz CT molecular complexity index is 825. The van der Waals surface area contributed by atoms with Crippen LogP contribution in [0.4, 0.5) is 0 Å². The van der Waals surface area contributed by atoms with Crippen LogP contribution in [0.3, 0.4) is 0 Å². The van der Waals surface area contributed by atoms with Crippen molar-refractivity contribution >= 4 is 11.7 Å². The minimum atomic E-state index is -1.12. The smallest absolute Gasteiger partial charge is 0.292 e. The highest BCUT2D eigenvalue weighted by atomic mass is 16.3. The van der Waals surface area contributed by atoms with Crippen LogP contribution in [0, 0.1) is 13.8 Å². The van der Waals surface area contributed by atoms with E-state index in [1.807, 2.05) is 24.3 Å². The Morgan fingerprint density at radius 2 is 2.04 bits per heavy atom. The first-order chi connectivity index (χ1) is 11.3. The van der Waals surface area contributed by atoms with Gasteiger partial charge in [-0.3, -0.25) is 14.3 Å². The highest BCUT2D eigenvalue weighted by molar-refractivity contribution is 6.43. The van der Waals surface area contributed by atoms with Crippen molar-refractivity contribution in [3.63, 3.8) is 0 Å². The van der Waals surface area contributed by atoms with E-state index in [-0.39, 0.29) is 6.54 Å². The second kappa shape index (κ2) is 5.87. The lowest BCUT2D eigenvalue weighted by molar-refractivity contribution is -0.118. The van der Waals surface area contributed by atoms with Crippen molar-refractivity contribution in [2.45, 2.75) is 32.3 Å². The largest absolute Gasteiger partial charge is 0.383 e. The molecule has 2 aromatic rings. The Morgan fingerprint density at radius 1 is 1.33 bits per heavy atom. The summed E-state index contributed by atoms with van der Waals surface area (Å²) in [7, 11) is 1.73. The summed E-state index contributed by atoms with van der Waals surface area (Å²) in [4.78, 5) is 24.7. The Kier molecular flexibility index (Phi) is 4.01. The van der Waals surface area contributed by atoms with Gasteiger partial charge >= 0.3 is 0 Å². The summed E-state index contributed by atoms with van der Waals surface area (Å²) in [5, 5.41) is 17.6. The highest BCUT2D eigenvalue weighted by Crippen LogP contribution is 2.36. The van der Waals surface area contributed by atoms with E-state index in [9.17, 15) is 14.7 Å². The molecule has 1 atom stereocenters. The lowest BCUT2D eigenvalue weighted by atomic mass is 9.96. The van der Waals surface area contributed by atoms with Crippen LogP contribution in [0.25, 0.3) is 0 Å². The zero-order valence-corrected chi connectivity index (χ0v) is 14.1. The first kappa shape index (κ1) is 16.4. The van der Waals surface area contributed by atoms with Crippen molar-refractivity contribution in [3.8, 4) is 0 Å². The first-order valence-electron chi connectivity index (χ1n) is 7.97. The van der Waals surface area contributed by atoms with E-state index < -0.39 is 17.3 Å². The Labute approximate surface area is 140 Å². The number of carbonyl (C=O) groups excluding carboxylic acids is 2. The average molecular weight is 327 g/mol. The predicted molar refractivity (Wildman–Crippen MR) is 88.7 cm³/mol. The summed E-state index contributed by atoms with van der Waals surface area (Å²) in [6.07, 6.45) is 1.29. The second-order valence-electron chi connectivity index (χ2n) is 6.37. The van der Waals surface area contributed by atoms with Crippen LogP contribution < -0.4 is 5.32 Å². The molecule has 0 unspecified atom stereocenters. The quantitative estimate of drug-likeness (QED) is 0.652. The number of rotatable bonds is 4. The summed E-state index contributed by atoms with van der Waals surface area (Å²) in [5.74, 6) is -1.33. The van der Waals surface area contributed by atoms with Gasteiger partial charge in [-0.1, -0.05) is 24.3 Å². The van der Waals surface area contributed by atoms with Gasteiger partial charge in [-0.15, -0.1) is 0 Å². The number of nitrogens with one attached hydrogen (secondary N) is 1. The zero-order chi connectivity index (χ0) is 17.5. The van der Waals surface area contributed by atoms with Gasteiger partial charge < -0.3 is 10.4 Å². The second-order valence-corrected chi connectivity index (χ2v) is 6.37. The van der Waals surface area contributed by atoms with Crippen LogP contribution >= 0.6 is 0 Å². The third-order valence-electron chi connectivity index (χ3n) is 4.81. The summed E-state index contributed by atoms with van der Waals surface area (Å²) in [5.41, 5.74) is 2.29. The van der Waals surface area contributed by atoms with Gasteiger partial charge in [-0.05, 0) is 37.8 Å². The standard InChI is InChI=1S/C18H21N3O3/c1-11-15(12(2)21(3)20-11)16(22)17(23)19-10-18(24)9-8-13-6-4-5-7-14(13)18/h4-7,24H,8-10H2,1-3H3,(H,19,23)/t18-/m1/s1. The van der Waals surface area contributed by atoms with Gasteiger partial charge in [-0.25, -0.2) is 0 Å². The predicted octanol–water partition coefficient (Wildman–Crippen LogP) is 1.17. The van der Waals surface area contributed by atoms with Crippen molar-refractivity contribution in [2.24, 2.45) is 7.05 Å². The molecule has 2 N–H and O–H groups in total. The number of aliphatic hydroxyl groups is 1. The Hall–Kier alpha value is -2.47. The molecule has 0 bridgehead atoms. The number of hydrogen-bond acceptors (Lipinski definition) is 4. The van der Waals surface area contributed by atoms with E-state index in [2.05, 4.69) is 10.4 Å². The molecule has 1 heterocycles. The molecule has 1 aliphatic rings. The molecule has 0 aliphatic heterocycles. The molecule has 0 saturated heterocycles. The van der Waals surface area contributed by atoms with Gasteiger partial charge in [0.1, 0.15) is 5.60 Å². The molecule has 1 aromatic carbocycles. The van der Waals surface area contributed by atoms with Crippen LogP contribution in [0.5, 0.6) is 0 Å². The number of aromatic nitrogens is 2. The summed E-state index contributed by atoms with van der Waals surface area (Å²) in [6, 6.07) is 7.64. The zero-order valence-electron chi connectivity index (χ0n) is 14.1. The Balaban J connectivity index is 1.73. The lowest BCUT2D eigenvalue weighted by Crippen LogP contribution is -2.42. The average Bonchev–Trinajstić information content (AvgIpc) is 3.03. The Morgan fingerprint density at radius 3 is 2.71 bits per heavy atom. The SMILES string of the molecule is Cc1nn(C)c(C)c1C(=O)C(=O)NC[C@]1(O)CCc2ccccc21. The molecule has 3 rings (SSSR count). The minimum absolute atomic E-state index is 0.0208. The normalized spacial score (nSPS) is 19.2. The maximum atomic E-state index is 12.4. The third-order valence-corrected chi connectivity index (χ3v) is 4.81. The number of aryl methyl sites for hydroxylation is 3. The first-order valence-corrected chi connectivity index (χ1v) is 7.97. The number of carbonyl (C=O) groups is 2. The molecule has 126 valence electrons. The van der Waals surface area contributed by atoms with Gasteiger partial charge in [0.05, 0.1) is 17.8 Å². The number of benzene rings is 1. The minimum Gasteiger partial charge on any atom is -0.383 e. The maximum Gasteiger partial charge on any atom is 0.292 e. The molecule has 1 aromatic heterocycles. The van der Waals surface area contributed by atoms with Gasteiger partial charge in [0.2, 0.25) is 0 Å². The van der Waals surface area contributed by atoms with E-state index in [0.717, 1.165) is 17.5 Å². The highest BCUT2D eigenvalue weighted by Gasteiger charge is 2.37. The molecule has 0 radical (unpaired) electrons. The number of ketones is 1. The molecular formula is C18H21N3O3. The molecule has 0 saturated carbocycles. The fraction of sp³-hybridized carbons (Fsp3) is 0.389. The molecule has 1 aliphatic carbocycles. The van der Waals surface area contributed by atoms with Gasteiger partial charge in [0.25, 0.3) is 11.7 Å².